The SMILES string of the molecule is O=C(CN1CCC(F)(F)C1)Nc1ccc(F)cc1. The minimum atomic E-state index is -2.70. The maximum absolute atomic E-state index is 12.9. The van der Waals surface area contributed by atoms with Crippen molar-refractivity contribution in [2.45, 2.75) is 12.3 Å². The second kappa shape index (κ2) is 4.97. The zero-order valence-electron chi connectivity index (χ0n) is 9.63. The topological polar surface area (TPSA) is 32.3 Å². The Labute approximate surface area is 103 Å². The van der Waals surface area contributed by atoms with Gasteiger partial charge in [0, 0.05) is 18.7 Å². The fourth-order valence-corrected chi connectivity index (χ4v) is 1.88. The lowest BCUT2D eigenvalue weighted by Gasteiger charge is -2.15. The highest BCUT2D eigenvalue weighted by molar-refractivity contribution is 5.92. The van der Waals surface area contributed by atoms with Gasteiger partial charge in [0.1, 0.15) is 5.82 Å². The van der Waals surface area contributed by atoms with Gasteiger partial charge in [-0.1, -0.05) is 0 Å². The van der Waals surface area contributed by atoms with Gasteiger partial charge in [-0.3, -0.25) is 9.69 Å². The van der Waals surface area contributed by atoms with Crippen molar-refractivity contribution in [2.24, 2.45) is 0 Å². The first-order valence-electron chi connectivity index (χ1n) is 5.60. The molecule has 0 bridgehead atoms. The molecule has 2 rings (SSSR count). The van der Waals surface area contributed by atoms with E-state index in [1.807, 2.05) is 0 Å². The van der Waals surface area contributed by atoms with Crippen LogP contribution in [0.4, 0.5) is 18.9 Å². The van der Waals surface area contributed by atoms with E-state index in [2.05, 4.69) is 5.32 Å². The highest BCUT2D eigenvalue weighted by atomic mass is 19.3. The van der Waals surface area contributed by atoms with Gasteiger partial charge in [0.15, 0.2) is 0 Å². The van der Waals surface area contributed by atoms with Gasteiger partial charge in [-0.15, -0.1) is 0 Å². The third-order valence-corrected chi connectivity index (χ3v) is 2.74. The molecule has 1 saturated heterocycles. The molecule has 1 aromatic rings. The standard InChI is InChI=1S/C12H13F3N2O/c13-9-1-3-10(4-2-9)16-11(18)7-17-6-5-12(14,15)8-17/h1-4H,5-8H2,(H,16,18). The molecule has 1 amide bonds. The molecule has 0 aliphatic carbocycles. The zero-order chi connectivity index (χ0) is 13.2. The lowest BCUT2D eigenvalue weighted by molar-refractivity contribution is -0.117. The number of nitrogens with one attached hydrogen (secondary N) is 1. The molecule has 1 heterocycles. The monoisotopic (exact) mass is 258 g/mol. The van der Waals surface area contributed by atoms with E-state index in [4.69, 9.17) is 0 Å². The van der Waals surface area contributed by atoms with E-state index >= 15 is 0 Å². The number of hydrogen-bond donors (Lipinski definition) is 1. The Bertz CT molecular complexity index is 433. The second-order valence-corrected chi connectivity index (χ2v) is 4.37. The van der Waals surface area contributed by atoms with Crippen LogP contribution in [0.25, 0.3) is 0 Å². The Morgan fingerprint density at radius 1 is 1.33 bits per heavy atom. The lowest BCUT2D eigenvalue weighted by atomic mass is 10.3. The van der Waals surface area contributed by atoms with Gasteiger partial charge in [0.2, 0.25) is 5.91 Å². The molecule has 6 heteroatoms. The molecule has 18 heavy (non-hydrogen) atoms. The summed E-state index contributed by atoms with van der Waals surface area (Å²) in [6.07, 6.45) is -0.211. The molecule has 0 atom stereocenters. The number of anilines is 1. The number of nitrogens with zero attached hydrogens (tertiary/aromatic N) is 1. The van der Waals surface area contributed by atoms with Crippen molar-refractivity contribution >= 4 is 11.6 Å². The van der Waals surface area contributed by atoms with Gasteiger partial charge in [-0.25, -0.2) is 13.2 Å². The van der Waals surface area contributed by atoms with Crippen LogP contribution in [-0.4, -0.2) is 36.4 Å². The number of carbonyl (C=O) groups is 1. The molecule has 3 nitrogen and oxygen atoms in total. The molecule has 98 valence electrons. The maximum Gasteiger partial charge on any atom is 0.261 e. The summed E-state index contributed by atoms with van der Waals surface area (Å²) in [5.74, 6) is -3.47. The summed E-state index contributed by atoms with van der Waals surface area (Å²) in [6.45, 7) is -0.249. The van der Waals surface area contributed by atoms with Gasteiger partial charge in [0.25, 0.3) is 5.92 Å². The molecular weight excluding hydrogens is 245 g/mol. The van der Waals surface area contributed by atoms with E-state index in [9.17, 15) is 18.0 Å². The van der Waals surface area contributed by atoms with Crippen LogP contribution in [-0.2, 0) is 4.79 Å². The molecule has 1 fully saturated rings. The smallest absolute Gasteiger partial charge is 0.261 e. The molecule has 0 unspecified atom stereocenters. The summed E-state index contributed by atoms with van der Waals surface area (Å²) in [6, 6.07) is 5.29. The van der Waals surface area contributed by atoms with E-state index in [-0.39, 0.29) is 32.0 Å². The van der Waals surface area contributed by atoms with Crippen molar-refractivity contribution in [2.75, 3.05) is 25.0 Å². The first-order chi connectivity index (χ1) is 8.44. The second-order valence-electron chi connectivity index (χ2n) is 4.37. The number of benzene rings is 1. The summed E-state index contributed by atoms with van der Waals surface area (Å²) < 4.78 is 38.4. The van der Waals surface area contributed by atoms with Crippen molar-refractivity contribution in [3.63, 3.8) is 0 Å². The van der Waals surface area contributed by atoms with Crippen molar-refractivity contribution < 1.29 is 18.0 Å². The first kappa shape index (κ1) is 12.9. The van der Waals surface area contributed by atoms with Crippen LogP contribution in [0, 0.1) is 5.82 Å². The predicted molar refractivity (Wildman–Crippen MR) is 61.0 cm³/mol. The molecule has 1 aromatic carbocycles. The summed E-state index contributed by atoms with van der Waals surface area (Å²) in [4.78, 5) is 13.0. The zero-order valence-corrected chi connectivity index (χ0v) is 9.63. The van der Waals surface area contributed by atoms with Gasteiger partial charge >= 0.3 is 0 Å². The van der Waals surface area contributed by atoms with Crippen LogP contribution in [0.1, 0.15) is 6.42 Å². The third-order valence-electron chi connectivity index (χ3n) is 2.74. The van der Waals surface area contributed by atoms with E-state index in [0.29, 0.717) is 5.69 Å². The fraction of sp³-hybridized carbons (Fsp3) is 0.417. The Morgan fingerprint density at radius 3 is 2.56 bits per heavy atom. The molecule has 0 aromatic heterocycles. The van der Waals surface area contributed by atoms with Crippen molar-refractivity contribution in [1.82, 2.24) is 4.90 Å². The molecule has 1 N–H and O–H groups in total. The van der Waals surface area contributed by atoms with Crippen LogP contribution in [0.5, 0.6) is 0 Å². The predicted octanol–water partition coefficient (Wildman–Crippen LogP) is 2.11. The highest BCUT2D eigenvalue weighted by Gasteiger charge is 2.38. The van der Waals surface area contributed by atoms with Crippen LogP contribution in [0.3, 0.4) is 0 Å². The van der Waals surface area contributed by atoms with Crippen LogP contribution in [0.2, 0.25) is 0 Å². The van der Waals surface area contributed by atoms with Crippen molar-refractivity contribution in [3.8, 4) is 0 Å². The Kier molecular flexibility index (Phi) is 3.56. The Balaban J connectivity index is 1.84. The highest BCUT2D eigenvalue weighted by Crippen LogP contribution is 2.26. The number of carbonyl (C=O) groups excluding carboxylic acids is 1. The van der Waals surface area contributed by atoms with E-state index in [1.54, 1.807) is 0 Å². The Hall–Kier alpha value is -1.56. The van der Waals surface area contributed by atoms with Gasteiger partial charge in [0.05, 0.1) is 13.1 Å². The van der Waals surface area contributed by atoms with Crippen LogP contribution < -0.4 is 5.32 Å². The minimum absolute atomic E-state index is 0.0764. The lowest BCUT2D eigenvalue weighted by Crippen LogP contribution is -2.33. The minimum Gasteiger partial charge on any atom is -0.325 e. The number of hydrogen-bond acceptors (Lipinski definition) is 2. The van der Waals surface area contributed by atoms with E-state index in [1.165, 1.54) is 29.2 Å². The quantitative estimate of drug-likeness (QED) is 0.900. The molecule has 1 aliphatic heterocycles. The van der Waals surface area contributed by atoms with Gasteiger partial charge < -0.3 is 5.32 Å². The van der Waals surface area contributed by atoms with E-state index in [0.717, 1.165) is 0 Å². The molecule has 1 aliphatic rings. The number of likely N-dealkylation sites (tertiary alicyclic amines) is 1. The summed E-state index contributed by atoms with van der Waals surface area (Å²) in [7, 11) is 0. The number of halogens is 3. The maximum atomic E-state index is 12.9. The average molecular weight is 258 g/mol. The summed E-state index contributed by atoms with van der Waals surface area (Å²) in [5.41, 5.74) is 0.451. The van der Waals surface area contributed by atoms with Crippen molar-refractivity contribution in [3.05, 3.63) is 30.1 Å². The molecule has 0 saturated carbocycles. The van der Waals surface area contributed by atoms with Crippen LogP contribution >= 0.6 is 0 Å². The Morgan fingerprint density at radius 2 is 2.00 bits per heavy atom. The normalized spacial score (nSPS) is 18.8. The molecular formula is C12H13F3N2O. The molecule has 0 spiro atoms. The first-order valence-corrected chi connectivity index (χ1v) is 5.60. The summed E-state index contributed by atoms with van der Waals surface area (Å²) in [5, 5.41) is 2.53. The largest absolute Gasteiger partial charge is 0.325 e. The number of amides is 1. The molecule has 0 radical (unpaired) electrons. The third kappa shape index (κ3) is 3.46. The fourth-order valence-electron chi connectivity index (χ4n) is 1.88. The average Bonchev–Trinajstić information content (AvgIpc) is 2.61. The van der Waals surface area contributed by atoms with Gasteiger partial charge in [-0.2, -0.15) is 0 Å². The summed E-state index contributed by atoms with van der Waals surface area (Å²) >= 11 is 0. The van der Waals surface area contributed by atoms with Crippen molar-refractivity contribution in [1.29, 1.82) is 0 Å². The van der Waals surface area contributed by atoms with E-state index < -0.39 is 11.7 Å². The van der Waals surface area contributed by atoms with Gasteiger partial charge in [-0.05, 0) is 24.3 Å². The number of alkyl halides is 2. The number of rotatable bonds is 3. The van der Waals surface area contributed by atoms with Crippen LogP contribution in [0.15, 0.2) is 24.3 Å².